The Hall–Kier alpha value is -2.37. The molecule has 0 heterocycles. The maximum atomic E-state index is 11.9. The maximum absolute atomic E-state index is 11.9. The maximum Gasteiger partial charge on any atom is 0.338 e. The molecule has 3 atom stereocenters. The van der Waals surface area contributed by atoms with Crippen LogP contribution >= 0.6 is 0 Å². The highest BCUT2D eigenvalue weighted by Crippen LogP contribution is 2.29. The molecule has 1 aromatic carbocycles. The lowest BCUT2D eigenvalue weighted by atomic mass is 9.78. The van der Waals surface area contributed by atoms with Crippen LogP contribution in [-0.4, -0.2) is 30.6 Å². The molecule has 0 radical (unpaired) electrons. The van der Waals surface area contributed by atoms with E-state index in [4.69, 9.17) is 4.74 Å². The second-order valence-electron chi connectivity index (χ2n) is 6.84. The number of amides is 3. The molecule has 6 nitrogen and oxygen atoms in total. The minimum atomic E-state index is -0.644. The molecule has 0 spiro atoms. The molecule has 25 heavy (non-hydrogen) atoms. The first kappa shape index (κ1) is 19.0. The Kier molecular flexibility index (Phi) is 6.56. The molecule has 0 aliphatic heterocycles. The summed E-state index contributed by atoms with van der Waals surface area (Å²) in [6.07, 6.45) is 3.14. The van der Waals surface area contributed by atoms with E-state index in [1.54, 1.807) is 18.2 Å². The van der Waals surface area contributed by atoms with Gasteiger partial charge in [-0.15, -0.1) is 0 Å². The molecular weight excluding hydrogens is 320 g/mol. The third-order valence-electron chi connectivity index (χ3n) is 4.86. The molecule has 1 fully saturated rings. The quantitative estimate of drug-likeness (QED) is 0.821. The number of imide groups is 1. The number of carbonyl (C=O) groups is 3. The Balaban J connectivity index is 1.76. The summed E-state index contributed by atoms with van der Waals surface area (Å²) in [7, 11) is 0. The van der Waals surface area contributed by atoms with Crippen molar-refractivity contribution >= 4 is 17.9 Å². The third-order valence-corrected chi connectivity index (χ3v) is 4.86. The van der Waals surface area contributed by atoms with Crippen molar-refractivity contribution in [3.8, 4) is 0 Å². The standard InChI is InChI=1S/C19H26N2O4/c1-12-6-4-8-15(10-12)18(23)25-11-17(22)21-19(24)20-16-9-5-7-13(2)14(16)3/h4,6,8,10,13-14,16H,5,7,9,11H2,1-3H3,(H2,20,21,22,24)/t13-,14+,16+/m0/s1. The van der Waals surface area contributed by atoms with E-state index in [0.29, 0.717) is 17.4 Å². The van der Waals surface area contributed by atoms with Gasteiger partial charge in [-0.1, -0.05) is 44.4 Å². The number of esters is 1. The lowest BCUT2D eigenvalue weighted by Gasteiger charge is -2.34. The highest BCUT2D eigenvalue weighted by molar-refractivity contribution is 5.97. The number of carbonyl (C=O) groups excluding carboxylic acids is 3. The van der Waals surface area contributed by atoms with E-state index in [1.807, 2.05) is 13.0 Å². The van der Waals surface area contributed by atoms with Crippen LogP contribution in [0.3, 0.4) is 0 Å². The van der Waals surface area contributed by atoms with Gasteiger partial charge in [0.1, 0.15) is 0 Å². The van der Waals surface area contributed by atoms with Crippen LogP contribution in [0.25, 0.3) is 0 Å². The lowest BCUT2D eigenvalue weighted by molar-refractivity contribution is -0.123. The number of aryl methyl sites for hydroxylation is 1. The first-order valence-electron chi connectivity index (χ1n) is 8.71. The molecule has 2 rings (SSSR count). The summed E-state index contributed by atoms with van der Waals surface area (Å²) in [5, 5.41) is 5.06. The van der Waals surface area contributed by atoms with E-state index in [9.17, 15) is 14.4 Å². The van der Waals surface area contributed by atoms with Crippen molar-refractivity contribution in [2.45, 2.75) is 46.1 Å². The fourth-order valence-electron chi connectivity index (χ4n) is 3.14. The summed E-state index contributed by atoms with van der Waals surface area (Å²) in [6.45, 7) is 5.66. The Morgan fingerprint density at radius 1 is 1.20 bits per heavy atom. The molecule has 0 unspecified atom stereocenters. The zero-order chi connectivity index (χ0) is 18.4. The van der Waals surface area contributed by atoms with Crippen molar-refractivity contribution in [1.82, 2.24) is 10.6 Å². The first-order chi connectivity index (χ1) is 11.9. The molecule has 1 aromatic rings. The molecular formula is C19H26N2O4. The predicted octanol–water partition coefficient (Wildman–Crippen LogP) is 2.80. The highest BCUT2D eigenvalue weighted by atomic mass is 16.5. The summed E-state index contributed by atoms with van der Waals surface area (Å²) < 4.78 is 4.94. The second-order valence-corrected chi connectivity index (χ2v) is 6.84. The lowest BCUT2D eigenvalue weighted by Crippen LogP contribution is -2.49. The summed E-state index contributed by atoms with van der Waals surface area (Å²) in [5.74, 6) is -0.317. The molecule has 0 bridgehead atoms. The van der Waals surface area contributed by atoms with Gasteiger partial charge >= 0.3 is 12.0 Å². The van der Waals surface area contributed by atoms with E-state index in [2.05, 4.69) is 24.5 Å². The van der Waals surface area contributed by atoms with E-state index in [-0.39, 0.29) is 6.04 Å². The van der Waals surface area contributed by atoms with Gasteiger partial charge in [0.2, 0.25) is 0 Å². The SMILES string of the molecule is Cc1cccc(C(=O)OCC(=O)NC(=O)N[C@@H]2CCC[C@H](C)[C@H]2C)c1. The van der Waals surface area contributed by atoms with E-state index >= 15 is 0 Å². The summed E-state index contributed by atoms with van der Waals surface area (Å²) >= 11 is 0. The number of hydrogen-bond acceptors (Lipinski definition) is 4. The van der Waals surface area contributed by atoms with Gasteiger partial charge in [-0.3, -0.25) is 10.1 Å². The van der Waals surface area contributed by atoms with E-state index in [0.717, 1.165) is 24.8 Å². The average molecular weight is 346 g/mol. The predicted molar refractivity (Wildman–Crippen MR) is 94.1 cm³/mol. The first-order valence-corrected chi connectivity index (χ1v) is 8.71. The molecule has 1 aliphatic rings. The van der Waals surface area contributed by atoms with Gasteiger partial charge in [-0.05, 0) is 37.3 Å². The van der Waals surface area contributed by atoms with Gasteiger partial charge in [0.05, 0.1) is 5.56 Å². The van der Waals surface area contributed by atoms with Crippen LogP contribution in [0.5, 0.6) is 0 Å². The fourth-order valence-corrected chi connectivity index (χ4v) is 3.14. The molecule has 0 aromatic heterocycles. The van der Waals surface area contributed by atoms with Crippen molar-refractivity contribution in [2.75, 3.05) is 6.61 Å². The monoisotopic (exact) mass is 346 g/mol. The van der Waals surface area contributed by atoms with Crippen LogP contribution in [0.4, 0.5) is 4.79 Å². The largest absolute Gasteiger partial charge is 0.452 e. The van der Waals surface area contributed by atoms with Crippen LogP contribution in [0.2, 0.25) is 0 Å². The van der Waals surface area contributed by atoms with Gasteiger partial charge in [-0.25, -0.2) is 9.59 Å². The normalized spacial score (nSPS) is 22.8. The Labute approximate surface area is 148 Å². The van der Waals surface area contributed by atoms with E-state index < -0.39 is 24.5 Å². The molecule has 3 amide bonds. The Bertz CT molecular complexity index is 644. The Morgan fingerprint density at radius 3 is 2.68 bits per heavy atom. The number of rotatable bonds is 4. The van der Waals surface area contributed by atoms with Gasteiger partial charge in [0, 0.05) is 6.04 Å². The Morgan fingerprint density at radius 2 is 1.96 bits per heavy atom. The third kappa shape index (κ3) is 5.59. The van der Waals surface area contributed by atoms with Crippen LogP contribution in [0, 0.1) is 18.8 Å². The summed E-state index contributed by atoms with van der Waals surface area (Å²) in [6, 6.07) is 6.42. The molecule has 0 saturated heterocycles. The van der Waals surface area contributed by atoms with E-state index in [1.165, 1.54) is 0 Å². The molecule has 2 N–H and O–H groups in total. The van der Waals surface area contributed by atoms with Crippen molar-refractivity contribution < 1.29 is 19.1 Å². The summed E-state index contributed by atoms with van der Waals surface area (Å²) in [4.78, 5) is 35.6. The van der Waals surface area contributed by atoms with Crippen LogP contribution in [-0.2, 0) is 9.53 Å². The minimum absolute atomic E-state index is 0.0615. The van der Waals surface area contributed by atoms with Crippen molar-refractivity contribution in [1.29, 1.82) is 0 Å². The van der Waals surface area contributed by atoms with Gasteiger partial charge in [0.25, 0.3) is 5.91 Å². The zero-order valence-electron chi connectivity index (χ0n) is 15.0. The minimum Gasteiger partial charge on any atom is -0.452 e. The summed E-state index contributed by atoms with van der Waals surface area (Å²) in [5.41, 5.74) is 1.30. The van der Waals surface area contributed by atoms with Gasteiger partial charge in [-0.2, -0.15) is 0 Å². The average Bonchev–Trinajstić information content (AvgIpc) is 2.56. The highest BCUT2D eigenvalue weighted by Gasteiger charge is 2.28. The van der Waals surface area contributed by atoms with Crippen LogP contribution < -0.4 is 10.6 Å². The number of benzene rings is 1. The van der Waals surface area contributed by atoms with Crippen molar-refractivity contribution in [3.05, 3.63) is 35.4 Å². The number of hydrogen-bond donors (Lipinski definition) is 2. The number of ether oxygens (including phenoxy) is 1. The van der Waals surface area contributed by atoms with Crippen LogP contribution in [0.1, 0.15) is 49.0 Å². The topological polar surface area (TPSA) is 84.5 Å². The molecule has 6 heteroatoms. The number of urea groups is 1. The van der Waals surface area contributed by atoms with Crippen LogP contribution in [0.15, 0.2) is 24.3 Å². The smallest absolute Gasteiger partial charge is 0.338 e. The number of nitrogens with one attached hydrogen (secondary N) is 2. The molecule has 1 aliphatic carbocycles. The molecule has 136 valence electrons. The molecule has 1 saturated carbocycles. The van der Waals surface area contributed by atoms with Crippen molar-refractivity contribution in [3.63, 3.8) is 0 Å². The zero-order valence-corrected chi connectivity index (χ0v) is 15.0. The second kappa shape index (κ2) is 8.65. The van der Waals surface area contributed by atoms with Crippen molar-refractivity contribution in [2.24, 2.45) is 11.8 Å². The van der Waals surface area contributed by atoms with Gasteiger partial charge in [0.15, 0.2) is 6.61 Å². The fraction of sp³-hybridized carbons (Fsp3) is 0.526. The van der Waals surface area contributed by atoms with Gasteiger partial charge < -0.3 is 10.1 Å².